The molecule has 1 fully saturated rings. The van der Waals surface area contributed by atoms with Crippen LogP contribution in [0.5, 0.6) is 0 Å². The van der Waals surface area contributed by atoms with E-state index >= 15 is 0 Å². The van der Waals surface area contributed by atoms with Crippen LogP contribution in [0.15, 0.2) is 59.5 Å². The molecule has 0 aliphatic carbocycles. The summed E-state index contributed by atoms with van der Waals surface area (Å²) in [6, 6.07) is 14.5. The number of rotatable bonds is 3. The Kier molecular flexibility index (Phi) is 4.67. The molecule has 1 saturated heterocycles. The molecular formula is C22H20BrN5O. The largest absolute Gasteiger partial charge is 0.352 e. The highest BCUT2D eigenvalue weighted by Crippen LogP contribution is 2.30. The molecule has 146 valence electrons. The predicted octanol–water partition coefficient (Wildman–Crippen LogP) is 3.76. The van der Waals surface area contributed by atoms with Crippen molar-refractivity contribution in [2.24, 2.45) is 0 Å². The average Bonchev–Trinajstić information content (AvgIpc) is 3.15. The molecule has 3 heterocycles. The highest BCUT2D eigenvalue weighted by atomic mass is 79.9. The van der Waals surface area contributed by atoms with Crippen LogP contribution in [0.3, 0.4) is 0 Å². The molecule has 4 aromatic rings. The number of hydrogen-bond acceptors (Lipinski definition) is 4. The van der Waals surface area contributed by atoms with Crippen molar-refractivity contribution in [1.82, 2.24) is 19.9 Å². The van der Waals surface area contributed by atoms with Crippen LogP contribution in [0, 0.1) is 0 Å². The number of amides is 1. The van der Waals surface area contributed by atoms with E-state index in [0.717, 1.165) is 40.0 Å². The second-order valence-electron chi connectivity index (χ2n) is 7.28. The number of hydrogen-bond donors (Lipinski definition) is 1. The topological polar surface area (TPSA) is 65.1 Å². The second-order valence-corrected chi connectivity index (χ2v) is 8.14. The summed E-state index contributed by atoms with van der Waals surface area (Å²) in [6.07, 6.45) is 3.90. The summed E-state index contributed by atoms with van der Waals surface area (Å²) in [5.74, 6) is 1.08. The normalized spacial score (nSPS) is 14.7. The maximum absolute atomic E-state index is 12.8. The number of anilines is 1. The van der Waals surface area contributed by atoms with Gasteiger partial charge in [0.05, 0.1) is 11.8 Å². The van der Waals surface area contributed by atoms with Gasteiger partial charge in [0.25, 0.3) is 0 Å². The zero-order valence-corrected chi connectivity index (χ0v) is 17.4. The minimum atomic E-state index is 0.176. The molecule has 29 heavy (non-hydrogen) atoms. The van der Waals surface area contributed by atoms with Crippen LogP contribution in [0.1, 0.15) is 5.56 Å². The highest BCUT2D eigenvalue weighted by molar-refractivity contribution is 9.10. The lowest BCUT2D eigenvalue weighted by atomic mass is 10.0. The van der Waals surface area contributed by atoms with E-state index in [1.54, 1.807) is 6.33 Å². The summed E-state index contributed by atoms with van der Waals surface area (Å²) in [6.45, 7) is 2.90. The Balaban J connectivity index is 1.27. The fourth-order valence-electron chi connectivity index (χ4n) is 3.95. The number of fused-ring (bicyclic) bond motifs is 2. The monoisotopic (exact) mass is 449 g/mol. The second kappa shape index (κ2) is 7.48. The minimum absolute atomic E-state index is 0.176. The number of nitrogens with one attached hydrogen (secondary N) is 1. The van der Waals surface area contributed by atoms with Crippen molar-refractivity contribution in [1.29, 1.82) is 0 Å². The van der Waals surface area contributed by atoms with Gasteiger partial charge in [-0.3, -0.25) is 4.79 Å². The number of aromatic nitrogens is 3. The van der Waals surface area contributed by atoms with Gasteiger partial charge in [-0.15, -0.1) is 0 Å². The summed E-state index contributed by atoms with van der Waals surface area (Å²) >= 11 is 3.57. The molecule has 2 aromatic carbocycles. The lowest BCUT2D eigenvalue weighted by Crippen LogP contribution is -2.49. The summed E-state index contributed by atoms with van der Waals surface area (Å²) in [5.41, 5.74) is 1.88. The fourth-order valence-corrected chi connectivity index (χ4v) is 4.43. The number of piperazine rings is 1. The first kappa shape index (κ1) is 18.1. The number of benzene rings is 2. The van der Waals surface area contributed by atoms with Crippen LogP contribution in [-0.4, -0.2) is 51.9 Å². The third-order valence-corrected chi connectivity index (χ3v) is 6.13. The molecule has 1 aliphatic heterocycles. The summed E-state index contributed by atoms with van der Waals surface area (Å²) in [5, 5.41) is 3.36. The fraction of sp³-hybridized carbons (Fsp3) is 0.227. The van der Waals surface area contributed by atoms with E-state index in [-0.39, 0.29) is 5.91 Å². The Morgan fingerprint density at radius 2 is 1.83 bits per heavy atom. The Labute approximate surface area is 176 Å². The average molecular weight is 450 g/mol. The molecule has 1 N–H and O–H groups in total. The van der Waals surface area contributed by atoms with E-state index in [1.165, 1.54) is 10.8 Å². The van der Waals surface area contributed by atoms with Crippen molar-refractivity contribution in [2.75, 3.05) is 31.1 Å². The molecule has 1 aliphatic rings. The molecule has 0 radical (unpaired) electrons. The van der Waals surface area contributed by atoms with Crippen LogP contribution >= 0.6 is 15.9 Å². The standard InChI is InChI=1S/C22H20BrN5O/c23-18-13-24-21-20(18)22(26-14-25-21)28-9-7-27(8-10-28)19(29)12-15-5-6-16-3-1-2-4-17(16)11-15/h1-6,11,13-14H,7-10,12H2,(H,24,25,26). The van der Waals surface area contributed by atoms with Gasteiger partial charge >= 0.3 is 0 Å². The van der Waals surface area contributed by atoms with Crippen LogP contribution in [0.4, 0.5) is 5.82 Å². The molecular weight excluding hydrogens is 430 g/mol. The SMILES string of the molecule is O=C(Cc1ccc2ccccc2c1)N1CCN(c2ncnc3[nH]cc(Br)c23)CC1. The van der Waals surface area contributed by atoms with Gasteiger partial charge in [0.2, 0.25) is 5.91 Å². The van der Waals surface area contributed by atoms with Crippen LogP contribution < -0.4 is 4.90 Å². The molecule has 0 unspecified atom stereocenters. The van der Waals surface area contributed by atoms with Gasteiger partial charge in [0.1, 0.15) is 17.8 Å². The molecule has 0 saturated carbocycles. The molecule has 0 spiro atoms. The number of nitrogens with zero attached hydrogens (tertiary/aromatic N) is 4. The Morgan fingerprint density at radius 1 is 1.03 bits per heavy atom. The summed E-state index contributed by atoms with van der Waals surface area (Å²) in [4.78, 5) is 28.9. The minimum Gasteiger partial charge on any atom is -0.352 e. The van der Waals surface area contributed by atoms with E-state index < -0.39 is 0 Å². The van der Waals surface area contributed by atoms with Crippen LogP contribution in [-0.2, 0) is 11.2 Å². The first-order valence-electron chi connectivity index (χ1n) is 9.67. The first-order chi connectivity index (χ1) is 14.2. The molecule has 0 atom stereocenters. The Morgan fingerprint density at radius 3 is 2.66 bits per heavy atom. The number of carbonyl (C=O) groups excluding carboxylic acids is 1. The molecule has 2 aromatic heterocycles. The summed E-state index contributed by atoms with van der Waals surface area (Å²) in [7, 11) is 0. The van der Waals surface area contributed by atoms with Crippen molar-refractivity contribution in [3.05, 3.63) is 65.0 Å². The van der Waals surface area contributed by atoms with Crippen molar-refractivity contribution in [3.63, 3.8) is 0 Å². The van der Waals surface area contributed by atoms with Gasteiger partial charge in [-0.2, -0.15) is 0 Å². The number of halogens is 1. The van der Waals surface area contributed by atoms with Gasteiger partial charge in [-0.25, -0.2) is 9.97 Å². The van der Waals surface area contributed by atoms with E-state index in [9.17, 15) is 4.79 Å². The zero-order valence-electron chi connectivity index (χ0n) is 15.8. The van der Waals surface area contributed by atoms with Crippen molar-refractivity contribution in [3.8, 4) is 0 Å². The zero-order chi connectivity index (χ0) is 19.8. The molecule has 6 nitrogen and oxygen atoms in total. The van der Waals surface area contributed by atoms with E-state index in [0.29, 0.717) is 19.5 Å². The maximum atomic E-state index is 12.8. The molecule has 1 amide bonds. The van der Waals surface area contributed by atoms with Crippen LogP contribution in [0.2, 0.25) is 0 Å². The first-order valence-corrected chi connectivity index (χ1v) is 10.5. The number of carbonyl (C=O) groups is 1. The van der Waals surface area contributed by atoms with Crippen LogP contribution in [0.25, 0.3) is 21.8 Å². The van der Waals surface area contributed by atoms with Gasteiger partial charge in [-0.1, -0.05) is 42.5 Å². The van der Waals surface area contributed by atoms with Gasteiger partial charge in [0.15, 0.2) is 0 Å². The van der Waals surface area contributed by atoms with Gasteiger partial charge in [-0.05, 0) is 32.3 Å². The summed E-state index contributed by atoms with van der Waals surface area (Å²) < 4.78 is 0.956. The third-order valence-electron chi connectivity index (χ3n) is 5.50. The Bertz CT molecular complexity index is 1200. The van der Waals surface area contributed by atoms with E-state index in [2.05, 4.69) is 66.1 Å². The lowest BCUT2D eigenvalue weighted by Gasteiger charge is -2.35. The van der Waals surface area contributed by atoms with Crippen molar-refractivity contribution < 1.29 is 4.79 Å². The van der Waals surface area contributed by atoms with Crippen molar-refractivity contribution >= 4 is 49.5 Å². The predicted molar refractivity (Wildman–Crippen MR) is 118 cm³/mol. The van der Waals surface area contributed by atoms with Crippen molar-refractivity contribution in [2.45, 2.75) is 6.42 Å². The highest BCUT2D eigenvalue weighted by Gasteiger charge is 2.24. The van der Waals surface area contributed by atoms with E-state index in [4.69, 9.17) is 0 Å². The number of H-pyrrole nitrogens is 1. The third kappa shape index (κ3) is 3.46. The van der Waals surface area contributed by atoms with Gasteiger partial charge < -0.3 is 14.8 Å². The quantitative estimate of drug-likeness (QED) is 0.516. The smallest absolute Gasteiger partial charge is 0.227 e. The number of aromatic amines is 1. The Hall–Kier alpha value is -2.93. The molecule has 5 rings (SSSR count). The van der Waals surface area contributed by atoms with Gasteiger partial charge in [0, 0.05) is 36.8 Å². The lowest BCUT2D eigenvalue weighted by molar-refractivity contribution is -0.130. The molecule has 0 bridgehead atoms. The maximum Gasteiger partial charge on any atom is 0.227 e. The van der Waals surface area contributed by atoms with E-state index in [1.807, 2.05) is 23.2 Å². The molecule has 7 heteroatoms.